The average molecular weight is 660 g/mol. The van der Waals surface area contributed by atoms with Crippen LogP contribution in [0.25, 0.3) is 0 Å². The monoisotopic (exact) mass is 656 g/mol. The third kappa shape index (κ3) is 5.53. The Bertz CT molecular complexity index is 836. The fourth-order valence-electron chi connectivity index (χ4n) is 2.45. The van der Waals surface area contributed by atoms with Crippen molar-refractivity contribution in [2.75, 3.05) is 14.2 Å². The molecule has 0 aliphatic carbocycles. The van der Waals surface area contributed by atoms with Crippen LogP contribution in [-0.4, -0.2) is 26.5 Å². The smallest absolute Gasteiger partial charge is 0.437 e. The average Bonchev–Trinajstić information content (AvgIpc) is 2.66. The summed E-state index contributed by atoms with van der Waals surface area (Å²) in [6.45, 7) is 4.08. The summed E-state index contributed by atoms with van der Waals surface area (Å²) in [7, 11) is 2.48. The van der Waals surface area contributed by atoms with Crippen LogP contribution < -0.4 is 9.47 Å². The van der Waals surface area contributed by atoms with E-state index in [1.54, 1.807) is 0 Å². The molecule has 0 unspecified atom stereocenters. The van der Waals surface area contributed by atoms with Gasteiger partial charge in [-0.3, -0.25) is 0 Å². The first-order chi connectivity index (χ1) is 13.5. The van der Waals surface area contributed by atoms with Gasteiger partial charge in [0.05, 0.1) is 32.1 Å². The third-order valence-electron chi connectivity index (χ3n) is 4.14. The maximum Gasteiger partial charge on any atom is 0.513 e. The molecule has 2 rings (SSSR count). The van der Waals surface area contributed by atoms with Gasteiger partial charge in [0.1, 0.15) is 0 Å². The number of carbonyl (C=O) groups excluding carboxylic acids is 2. The standard InChI is InChI=1S/C19H16Br4O6/c1-19(2,9-5-11(20)15(12(21)6-9)28-17(24)26-3)10-7-13(22)16(14(23)8-10)29-18(25)27-4/h5-8H,1-4H3. The predicted molar refractivity (Wildman–Crippen MR) is 122 cm³/mol. The van der Waals surface area contributed by atoms with Gasteiger partial charge in [-0.1, -0.05) is 13.8 Å². The molecule has 0 saturated heterocycles. The van der Waals surface area contributed by atoms with Gasteiger partial charge in [-0.15, -0.1) is 0 Å². The molecule has 0 aliphatic rings. The number of ether oxygens (including phenoxy) is 4. The third-order valence-corrected chi connectivity index (χ3v) is 6.50. The second-order valence-corrected chi connectivity index (χ2v) is 9.69. The zero-order chi connectivity index (χ0) is 21.9. The fraction of sp³-hybridized carbons (Fsp3) is 0.263. The summed E-state index contributed by atoms with van der Waals surface area (Å²) >= 11 is 13.8. The highest BCUT2D eigenvalue weighted by Crippen LogP contribution is 2.44. The first-order valence-electron chi connectivity index (χ1n) is 8.01. The van der Waals surface area contributed by atoms with E-state index in [-0.39, 0.29) is 0 Å². The van der Waals surface area contributed by atoms with E-state index in [1.807, 2.05) is 38.1 Å². The van der Waals surface area contributed by atoms with Crippen LogP contribution in [0.3, 0.4) is 0 Å². The summed E-state index contributed by atoms with van der Waals surface area (Å²) in [5.74, 6) is 0.640. The van der Waals surface area contributed by atoms with E-state index >= 15 is 0 Å². The van der Waals surface area contributed by atoms with Crippen LogP contribution in [0, 0.1) is 0 Å². The van der Waals surface area contributed by atoms with Crippen molar-refractivity contribution < 1.29 is 28.5 Å². The van der Waals surface area contributed by atoms with Crippen LogP contribution >= 0.6 is 63.7 Å². The maximum atomic E-state index is 11.5. The molecule has 156 valence electrons. The second kappa shape index (κ2) is 9.80. The largest absolute Gasteiger partial charge is 0.513 e. The van der Waals surface area contributed by atoms with Gasteiger partial charge in [0.25, 0.3) is 0 Å². The Hall–Kier alpha value is -1.10. The normalized spacial score (nSPS) is 11.0. The molecule has 0 spiro atoms. The Labute approximate surface area is 201 Å². The van der Waals surface area contributed by atoms with Crippen molar-refractivity contribution >= 4 is 76.0 Å². The molecular weight excluding hydrogens is 644 g/mol. The number of benzene rings is 2. The molecule has 10 heteroatoms. The van der Waals surface area contributed by atoms with Crippen LogP contribution in [0.2, 0.25) is 0 Å². The highest BCUT2D eigenvalue weighted by Gasteiger charge is 2.28. The molecule has 0 bridgehead atoms. The Balaban J connectivity index is 2.47. The topological polar surface area (TPSA) is 71.1 Å². The van der Waals surface area contributed by atoms with Crippen LogP contribution in [0.1, 0.15) is 25.0 Å². The van der Waals surface area contributed by atoms with Crippen LogP contribution in [-0.2, 0) is 14.9 Å². The first-order valence-corrected chi connectivity index (χ1v) is 11.2. The zero-order valence-corrected chi connectivity index (χ0v) is 22.1. The van der Waals surface area contributed by atoms with Crippen LogP contribution in [0.15, 0.2) is 42.2 Å². The van der Waals surface area contributed by atoms with Gasteiger partial charge < -0.3 is 18.9 Å². The van der Waals surface area contributed by atoms with E-state index in [4.69, 9.17) is 9.47 Å². The molecule has 6 nitrogen and oxygen atoms in total. The van der Waals surface area contributed by atoms with Gasteiger partial charge in [-0.2, -0.15) is 0 Å². The first kappa shape index (κ1) is 24.2. The van der Waals surface area contributed by atoms with Gasteiger partial charge in [-0.25, -0.2) is 9.59 Å². The quantitative estimate of drug-likeness (QED) is 0.253. The van der Waals surface area contributed by atoms with Gasteiger partial charge in [0.2, 0.25) is 0 Å². The summed E-state index contributed by atoms with van der Waals surface area (Å²) in [4.78, 5) is 22.9. The molecule has 0 saturated carbocycles. The molecule has 29 heavy (non-hydrogen) atoms. The molecule has 0 radical (unpaired) electrons. The highest BCUT2D eigenvalue weighted by atomic mass is 79.9. The van der Waals surface area contributed by atoms with Crippen LogP contribution in [0.4, 0.5) is 9.59 Å². The Kier molecular flexibility index (Phi) is 8.17. The number of hydrogen-bond donors (Lipinski definition) is 0. The summed E-state index contributed by atoms with van der Waals surface area (Å²) < 4.78 is 21.8. The lowest BCUT2D eigenvalue weighted by atomic mass is 9.78. The van der Waals surface area contributed by atoms with Crippen molar-refractivity contribution in [3.8, 4) is 11.5 Å². The summed E-state index contributed by atoms with van der Waals surface area (Å²) in [6.07, 6.45) is -1.63. The zero-order valence-electron chi connectivity index (χ0n) is 15.8. The van der Waals surface area contributed by atoms with Crippen LogP contribution in [0.5, 0.6) is 11.5 Å². The molecule has 0 aliphatic heterocycles. The number of rotatable bonds is 4. The Morgan fingerprint density at radius 1 is 0.690 bits per heavy atom. The minimum Gasteiger partial charge on any atom is -0.437 e. The van der Waals surface area contributed by atoms with Gasteiger partial charge in [0, 0.05) is 5.41 Å². The Morgan fingerprint density at radius 3 is 1.21 bits per heavy atom. The van der Waals surface area contributed by atoms with E-state index in [0.717, 1.165) is 11.1 Å². The molecule has 0 heterocycles. The van der Waals surface area contributed by atoms with Crippen molar-refractivity contribution in [1.29, 1.82) is 0 Å². The van der Waals surface area contributed by atoms with E-state index in [1.165, 1.54) is 14.2 Å². The van der Waals surface area contributed by atoms with Crippen molar-refractivity contribution in [2.45, 2.75) is 19.3 Å². The SMILES string of the molecule is COC(=O)Oc1c(Br)cc(C(C)(C)c2cc(Br)c(OC(=O)OC)c(Br)c2)cc1Br. The summed E-state index contributed by atoms with van der Waals surface area (Å²) in [6, 6.07) is 7.46. The minimum absolute atomic E-state index is 0.320. The predicted octanol–water partition coefficient (Wildman–Crippen LogP) is 7.35. The molecule has 2 aromatic carbocycles. The minimum atomic E-state index is -0.813. The maximum absolute atomic E-state index is 11.5. The Morgan fingerprint density at radius 2 is 0.966 bits per heavy atom. The van der Waals surface area contributed by atoms with Crippen molar-refractivity contribution in [3.63, 3.8) is 0 Å². The lowest BCUT2D eigenvalue weighted by Crippen LogP contribution is -2.20. The lowest BCUT2D eigenvalue weighted by Gasteiger charge is -2.28. The van der Waals surface area contributed by atoms with Crippen molar-refractivity contribution in [1.82, 2.24) is 0 Å². The summed E-state index contributed by atoms with van der Waals surface area (Å²) in [5, 5.41) is 0. The molecule has 0 fully saturated rings. The second-order valence-electron chi connectivity index (χ2n) is 6.28. The number of carbonyl (C=O) groups is 2. The molecule has 0 aromatic heterocycles. The van der Waals surface area contributed by atoms with E-state index in [9.17, 15) is 9.59 Å². The number of hydrogen-bond acceptors (Lipinski definition) is 6. The molecule has 0 amide bonds. The highest BCUT2D eigenvalue weighted by molar-refractivity contribution is 9.11. The molecular formula is C19H16Br4O6. The number of halogens is 4. The molecule has 2 aromatic rings. The van der Waals surface area contributed by atoms with Gasteiger partial charge >= 0.3 is 12.3 Å². The van der Waals surface area contributed by atoms with Crippen molar-refractivity contribution in [2.24, 2.45) is 0 Å². The summed E-state index contributed by atoms with van der Waals surface area (Å²) in [5.41, 5.74) is 1.42. The van der Waals surface area contributed by atoms with E-state index < -0.39 is 17.7 Å². The van der Waals surface area contributed by atoms with E-state index in [2.05, 4.69) is 73.2 Å². The lowest BCUT2D eigenvalue weighted by molar-refractivity contribution is 0.120. The fourth-order valence-corrected chi connectivity index (χ4v) is 5.15. The van der Waals surface area contributed by atoms with Crippen molar-refractivity contribution in [3.05, 3.63) is 53.3 Å². The molecule has 0 N–H and O–H groups in total. The number of methoxy groups -OCH3 is 2. The van der Waals surface area contributed by atoms with E-state index in [0.29, 0.717) is 29.4 Å². The molecule has 0 atom stereocenters. The van der Waals surface area contributed by atoms with Gasteiger partial charge in [0.15, 0.2) is 11.5 Å². The van der Waals surface area contributed by atoms with Gasteiger partial charge in [-0.05, 0) is 99.1 Å².